The minimum Gasteiger partial charge on any atom is -0.311 e. The predicted octanol–water partition coefficient (Wildman–Crippen LogP) is 4.13. The highest BCUT2D eigenvalue weighted by Gasteiger charge is 2.20. The highest BCUT2D eigenvalue weighted by molar-refractivity contribution is 4.81. The summed E-state index contributed by atoms with van der Waals surface area (Å²) in [5.41, 5.74) is 0.381. The van der Waals surface area contributed by atoms with Crippen molar-refractivity contribution < 1.29 is 0 Å². The Morgan fingerprint density at radius 2 is 1.53 bits per heavy atom. The summed E-state index contributed by atoms with van der Waals surface area (Å²) >= 11 is 0. The van der Waals surface area contributed by atoms with E-state index in [9.17, 15) is 0 Å². The van der Waals surface area contributed by atoms with E-state index in [1.165, 1.54) is 57.9 Å². The van der Waals surface area contributed by atoms with E-state index < -0.39 is 0 Å². The first-order valence-electron chi connectivity index (χ1n) is 6.95. The van der Waals surface area contributed by atoms with Gasteiger partial charge in [-0.3, -0.25) is 0 Å². The molecule has 0 unspecified atom stereocenters. The van der Waals surface area contributed by atoms with Gasteiger partial charge >= 0.3 is 0 Å². The number of hydrogen-bond donors (Lipinski definition) is 1. The maximum absolute atomic E-state index is 3.79. The highest BCUT2D eigenvalue weighted by atomic mass is 15.0. The summed E-state index contributed by atoms with van der Waals surface area (Å²) in [7, 11) is 0. The van der Waals surface area contributed by atoms with Crippen LogP contribution in [0.2, 0.25) is 0 Å². The molecule has 15 heavy (non-hydrogen) atoms. The fraction of sp³-hybridized carbons (Fsp3) is 1.00. The minimum atomic E-state index is 0.381. The largest absolute Gasteiger partial charge is 0.311 e. The van der Waals surface area contributed by atoms with Gasteiger partial charge in [0.05, 0.1) is 0 Å². The van der Waals surface area contributed by atoms with Gasteiger partial charge in [-0.2, -0.15) is 0 Å². The van der Waals surface area contributed by atoms with Gasteiger partial charge in [-0.1, -0.05) is 39.5 Å². The Kier molecular flexibility index (Phi) is 5.66. The van der Waals surface area contributed by atoms with E-state index in [0.717, 1.165) is 5.92 Å². The summed E-state index contributed by atoms with van der Waals surface area (Å²) in [6, 6.07) is 0. The topological polar surface area (TPSA) is 12.0 Å². The van der Waals surface area contributed by atoms with Crippen LogP contribution < -0.4 is 5.32 Å². The van der Waals surface area contributed by atoms with E-state index >= 15 is 0 Å². The smallest absolute Gasteiger partial charge is 0.0148 e. The molecule has 90 valence electrons. The Morgan fingerprint density at radius 1 is 1.00 bits per heavy atom. The molecule has 0 saturated heterocycles. The first kappa shape index (κ1) is 13.0. The van der Waals surface area contributed by atoms with E-state index in [1.54, 1.807) is 0 Å². The molecule has 1 aliphatic carbocycles. The van der Waals surface area contributed by atoms with E-state index in [4.69, 9.17) is 0 Å². The molecule has 0 aromatic rings. The average Bonchev–Trinajstić information content (AvgIpc) is 2.54. The Hall–Kier alpha value is -0.0400. The molecule has 1 N–H and O–H groups in total. The van der Waals surface area contributed by atoms with Gasteiger partial charge in [-0.15, -0.1) is 0 Å². The van der Waals surface area contributed by atoms with Crippen LogP contribution in [0, 0.1) is 5.92 Å². The molecule has 0 aromatic heterocycles. The first-order chi connectivity index (χ1) is 7.20. The zero-order valence-electron chi connectivity index (χ0n) is 10.9. The van der Waals surface area contributed by atoms with Gasteiger partial charge < -0.3 is 5.32 Å². The lowest BCUT2D eigenvalue weighted by Gasteiger charge is -2.30. The van der Waals surface area contributed by atoms with Crippen molar-refractivity contribution in [1.29, 1.82) is 0 Å². The lowest BCUT2D eigenvalue weighted by atomic mass is 9.93. The Bertz CT molecular complexity index is 153. The molecule has 0 heterocycles. The van der Waals surface area contributed by atoms with Crippen LogP contribution >= 0.6 is 0 Å². The van der Waals surface area contributed by atoms with Crippen molar-refractivity contribution in [3.63, 3.8) is 0 Å². The molecule has 0 aromatic carbocycles. The molecule has 0 atom stereocenters. The van der Waals surface area contributed by atoms with Crippen molar-refractivity contribution in [1.82, 2.24) is 5.32 Å². The quantitative estimate of drug-likeness (QED) is 0.674. The van der Waals surface area contributed by atoms with Gasteiger partial charge in [0.1, 0.15) is 0 Å². The van der Waals surface area contributed by atoms with Gasteiger partial charge in [0.25, 0.3) is 0 Å². The summed E-state index contributed by atoms with van der Waals surface area (Å²) in [6.45, 7) is 8.20. The van der Waals surface area contributed by atoms with Crippen molar-refractivity contribution in [2.45, 2.75) is 77.7 Å². The maximum Gasteiger partial charge on any atom is 0.0148 e. The second-order valence-corrected chi connectivity index (χ2v) is 5.51. The van der Waals surface area contributed by atoms with E-state index in [1.807, 2.05) is 0 Å². The molecule has 1 saturated carbocycles. The van der Waals surface area contributed by atoms with Crippen LogP contribution in [0.25, 0.3) is 0 Å². The third kappa shape index (κ3) is 4.55. The molecular weight excluding hydrogens is 182 g/mol. The predicted molar refractivity (Wildman–Crippen MR) is 68.2 cm³/mol. The van der Waals surface area contributed by atoms with Crippen molar-refractivity contribution in [2.75, 3.05) is 6.54 Å². The Morgan fingerprint density at radius 3 is 2.00 bits per heavy atom. The molecule has 1 rings (SSSR count). The van der Waals surface area contributed by atoms with Gasteiger partial charge in [0, 0.05) is 5.54 Å². The third-order valence-corrected chi connectivity index (χ3v) is 4.35. The fourth-order valence-corrected chi connectivity index (χ4v) is 2.46. The molecule has 1 nitrogen and oxygen atoms in total. The van der Waals surface area contributed by atoms with Gasteiger partial charge in [0.15, 0.2) is 0 Å². The Labute approximate surface area is 96.0 Å². The summed E-state index contributed by atoms with van der Waals surface area (Å²) < 4.78 is 0. The SMILES string of the molecule is CCC(C)(CC)NCC1CCCCCC1. The molecule has 0 spiro atoms. The summed E-state index contributed by atoms with van der Waals surface area (Å²) in [5, 5.41) is 3.79. The number of rotatable bonds is 5. The summed E-state index contributed by atoms with van der Waals surface area (Å²) in [5.74, 6) is 0.949. The van der Waals surface area contributed by atoms with Crippen LogP contribution in [0.1, 0.15) is 72.1 Å². The summed E-state index contributed by atoms with van der Waals surface area (Å²) in [6.07, 6.45) is 11.3. The molecule has 0 bridgehead atoms. The van der Waals surface area contributed by atoms with Gasteiger partial charge in [-0.25, -0.2) is 0 Å². The molecule has 0 radical (unpaired) electrons. The molecule has 1 aliphatic rings. The normalized spacial score (nSPS) is 20.2. The molecular formula is C14H29N. The van der Waals surface area contributed by atoms with Crippen molar-refractivity contribution >= 4 is 0 Å². The second-order valence-electron chi connectivity index (χ2n) is 5.51. The maximum atomic E-state index is 3.79. The zero-order valence-corrected chi connectivity index (χ0v) is 10.9. The van der Waals surface area contributed by atoms with Crippen molar-refractivity contribution in [3.8, 4) is 0 Å². The molecule has 0 amide bonds. The molecule has 1 heteroatoms. The van der Waals surface area contributed by atoms with Crippen LogP contribution in [0.4, 0.5) is 0 Å². The van der Waals surface area contributed by atoms with Crippen LogP contribution in [0.15, 0.2) is 0 Å². The zero-order chi connectivity index (χ0) is 11.1. The van der Waals surface area contributed by atoms with E-state index in [0.29, 0.717) is 5.54 Å². The van der Waals surface area contributed by atoms with Crippen LogP contribution in [0.3, 0.4) is 0 Å². The van der Waals surface area contributed by atoms with Crippen molar-refractivity contribution in [3.05, 3.63) is 0 Å². The molecule has 0 aliphatic heterocycles. The second kappa shape index (κ2) is 6.52. The van der Waals surface area contributed by atoms with Gasteiger partial charge in [0.2, 0.25) is 0 Å². The standard InChI is InChI=1S/C14H29N/c1-4-14(3,5-2)15-12-13-10-8-6-7-9-11-13/h13,15H,4-12H2,1-3H3. The average molecular weight is 211 g/mol. The highest BCUT2D eigenvalue weighted by Crippen LogP contribution is 2.23. The van der Waals surface area contributed by atoms with Crippen molar-refractivity contribution in [2.24, 2.45) is 5.92 Å². The minimum absolute atomic E-state index is 0.381. The van der Waals surface area contributed by atoms with Crippen LogP contribution in [-0.4, -0.2) is 12.1 Å². The summed E-state index contributed by atoms with van der Waals surface area (Å²) in [4.78, 5) is 0. The lowest BCUT2D eigenvalue weighted by molar-refractivity contribution is 0.293. The van der Waals surface area contributed by atoms with E-state index in [2.05, 4.69) is 26.1 Å². The first-order valence-corrected chi connectivity index (χ1v) is 6.95. The fourth-order valence-electron chi connectivity index (χ4n) is 2.46. The van der Waals surface area contributed by atoms with Crippen LogP contribution in [0.5, 0.6) is 0 Å². The van der Waals surface area contributed by atoms with Crippen LogP contribution in [-0.2, 0) is 0 Å². The number of nitrogens with one attached hydrogen (secondary N) is 1. The monoisotopic (exact) mass is 211 g/mol. The lowest BCUT2D eigenvalue weighted by Crippen LogP contribution is -2.43. The Balaban J connectivity index is 2.27. The third-order valence-electron chi connectivity index (χ3n) is 4.35. The van der Waals surface area contributed by atoms with E-state index in [-0.39, 0.29) is 0 Å². The van der Waals surface area contributed by atoms with Gasteiger partial charge in [-0.05, 0) is 45.1 Å². The molecule has 1 fully saturated rings. The number of hydrogen-bond acceptors (Lipinski definition) is 1.